The molecule has 0 aliphatic carbocycles. The molecule has 1 atom stereocenters. The number of carbonyl (C=O) groups excluding carboxylic acids is 1. The maximum atomic E-state index is 13.1. The van der Waals surface area contributed by atoms with Gasteiger partial charge >= 0.3 is 0 Å². The second-order valence-corrected chi connectivity index (χ2v) is 6.94. The quantitative estimate of drug-likeness (QED) is 0.553. The Bertz CT molecular complexity index is 1020. The number of rotatable bonds is 5. The summed E-state index contributed by atoms with van der Waals surface area (Å²) in [5.74, 6) is 0.507. The van der Waals surface area contributed by atoms with Gasteiger partial charge in [-0.3, -0.25) is 14.2 Å². The first-order valence-corrected chi connectivity index (χ1v) is 8.97. The average Bonchev–Trinajstić information content (AvgIpc) is 2.67. The molecule has 0 fully saturated rings. The zero-order chi connectivity index (χ0) is 18.7. The van der Waals surface area contributed by atoms with Crippen molar-refractivity contribution in [1.82, 2.24) is 14.9 Å². The fourth-order valence-electron chi connectivity index (χ4n) is 2.58. The van der Waals surface area contributed by atoms with E-state index in [1.807, 2.05) is 24.3 Å². The van der Waals surface area contributed by atoms with E-state index in [9.17, 15) is 9.59 Å². The van der Waals surface area contributed by atoms with E-state index in [4.69, 9.17) is 4.74 Å². The molecule has 7 heteroatoms. The van der Waals surface area contributed by atoms with Gasteiger partial charge in [0.15, 0.2) is 5.16 Å². The highest BCUT2D eigenvalue weighted by Crippen LogP contribution is 2.26. The second kappa shape index (κ2) is 7.61. The normalized spacial score (nSPS) is 12.0. The van der Waals surface area contributed by atoms with E-state index in [1.165, 1.54) is 16.3 Å². The highest BCUT2D eigenvalue weighted by Gasteiger charge is 2.19. The third-order valence-corrected chi connectivity index (χ3v) is 5.01. The maximum absolute atomic E-state index is 13.1. The molecule has 0 bridgehead atoms. The number of hydrogen-bond acceptors (Lipinski definition) is 5. The maximum Gasteiger partial charge on any atom is 0.266 e. The summed E-state index contributed by atoms with van der Waals surface area (Å²) in [6, 6.07) is 14.4. The largest absolute Gasteiger partial charge is 0.497 e. The number of benzene rings is 2. The molecule has 0 radical (unpaired) electrons. The summed E-state index contributed by atoms with van der Waals surface area (Å²) in [6.07, 6.45) is 0. The van der Waals surface area contributed by atoms with Crippen molar-refractivity contribution in [2.75, 3.05) is 14.2 Å². The second-order valence-electron chi connectivity index (χ2n) is 5.63. The molecule has 26 heavy (non-hydrogen) atoms. The highest BCUT2D eigenvalue weighted by atomic mass is 32.2. The zero-order valence-electron chi connectivity index (χ0n) is 14.7. The minimum atomic E-state index is -0.398. The minimum absolute atomic E-state index is 0.130. The number of ether oxygens (including phenoxy) is 1. The van der Waals surface area contributed by atoms with Crippen LogP contribution in [0.3, 0.4) is 0 Å². The molecule has 0 saturated heterocycles. The Hall–Kier alpha value is -2.80. The Morgan fingerprint density at radius 1 is 1.23 bits per heavy atom. The van der Waals surface area contributed by atoms with E-state index in [0.717, 1.165) is 0 Å². The first-order chi connectivity index (χ1) is 12.5. The van der Waals surface area contributed by atoms with Crippen molar-refractivity contribution in [2.24, 2.45) is 0 Å². The number of thioether (sulfide) groups is 1. The van der Waals surface area contributed by atoms with Crippen LogP contribution in [0, 0.1) is 0 Å². The molecule has 6 nitrogen and oxygen atoms in total. The molecule has 2 aromatic carbocycles. The van der Waals surface area contributed by atoms with Crippen molar-refractivity contribution in [2.45, 2.75) is 17.3 Å². The molecule has 3 rings (SSSR count). The number of fused-ring (bicyclic) bond motifs is 1. The first-order valence-electron chi connectivity index (χ1n) is 8.09. The molecule has 3 aromatic rings. The number of methoxy groups -OCH3 is 1. The van der Waals surface area contributed by atoms with Crippen molar-refractivity contribution in [3.8, 4) is 11.4 Å². The van der Waals surface area contributed by atoms with Gasteiger partial charge in [0, 0.05) is 13.1 Å². The molecule has 1 aromatic heterocycles. The van der Waals surface area contributed by atoms with Crippen LogP contribution in [0.25, 0.3) is 16.6 Å². The lowest BCUT2D eigenvalue weighted by molar-refractivity contribution is -0.119. The summed E-state index contributed by atoms with van der Waals surface area (Å²) < 4.78 is 6.80. The Kier molecular flexibility index (Phi) is 5.27. The number of aromatic nitrogens is 2. The molecular formula is C19H19N3O3S. The summed E-state index contributed by atoms with van der Waals surface area (Å²) in [6.45, 7) is 1.78. The minimum Gasteiger partial charge on any atom is -0.497 e. The predicted octanol–water partition coefficient (Wildman–Crippen LogP) is 2.62. The van der Waals surface area contributed by atoms with Gasteiger partial charge in [-0.2, -0.15) is 0 Å². The molecule has 1 heterocycles. The van der Waals surface area contributed by atoms with E-state index >= 15 is 0 Å². The molecule has 0 saturated carbocycles. The number of hydrogen-bond donors (Lipinski definition) is 1. The third kappa shape index (κ3) is 3.43. The topological polar surface area (TPSA) is 73.2 Å². The lowest BCUT2D eigenvalue weighted by Crippen LogP contribution is -2.29. The fraction of sp³-hybridized carbons (Fsp3) is 0.211. The highest BCUT2D eigenvalue weighted by molar-refractivity contribution is 8.00. The van der Waals surface area contributed by atoms with Crippen molar-refractivity contribution in [3.63, 3.8) is 0 Å². The Labute approximate surface area is 155 Å². The number of carbonyl (C=O) groups is 1. The van der Waals surface area contributed by atoms with Gasteiger partial charge in [0.05, 0.1) is 29.0 Å². The number of para-hydroxylation sites is 1. The first kappa shape index (κ1) is 18.0. The van der Waals surface area contributed by atoms with Crippen LogP contribution in [0.1, 0.15) is 6.92 Å². The Morgan fingerprint density at radius 3 is 2.73 bits per heavy atom. The molecule has 0 aliphatic heterocycles. The van der Waals surface area contributed by atoms with Crippen molar-refractivity contribution in [1.29, 1.82) is 0 Å². The molecule has 134 valence electrons. The van der Waals surface area contributed by atoms with E-state index in [-0.39, 0.29) is 11.5 Å². The van der Waals surface area contributed by atoms with Crippen LogP contribution in [-0.2, 0) is 4.79 Å². The van der Waals surface area contributed by atoms with Gasteiger partial charge in [-0.25, -0.2) is 4.98 Å². The zero-order valence-corrected chi connectivity index (χ0v) is 15.5. The van der Waals surface area contributed by atoms with Crippen LogP contribution in [0.4, 0.5) is 0 Å². The standard InChI is InChI=1S/C19H19N3O3S/c1-12(17(23)20-2)26-19-21-16-10-5-4-9-15(16)18(24)22(19)13-7-6-8-14(11-13)25-3/h4-12H,1-3H3,(H,20,23). The van der Waals surface area contributed by atoms with Crippen LogP contribution < -0.4 is 15.6 Å². The van der Waals surface area contributed by atoms with Gasteiger partial charge < -0.3 is 10.1 Å². The summed E-state index contributed by atoms with van der Waals surface area (Å²) in [5.41, 5.74) is 1.05. The molecule has 0 spiro atoms. The lowest BCUT2D eigenvalue weighted by atomic mass is 10.2. The monoisotopic (exact) mass is 369 g/mol. The number of nitrogens with one attached hydrogen (secondary N) is 1. The van der Waals surface area contributed by atoms with Crippen molar-refractivity contribution in [3.05, 3.63) is 58.9 Å². The van der Waals surface area contributed by atoms with Crippen molar-refractivity contribution >= 4 is 28.6 Å². The smallest absolute Gasteiger partial charge is 0.266 e. The van der Waals surface area contributed by atoms with Crippen LogP contribution in [0.5, 0.6) is 5.75 Å². The van der Waals surface area contributed by atoms with Gasteiger partial charge in [0.2, 0.25) is 5.91 Å². The van der Waals surface area contributed by atoms with E-state index in [2.05, 4.69) is 10.3 Å². The van der Waals surface area contributed by atoms with Gasteiger partial charge in [0.25, 0.3) is 5.56 Å². The van der Waals surface area contributed by atoms with E-state index in [0.29, 0.717) is 27.5 Å². The van der Waals surface area contributed by atoms with Gasteiger partial charge in [-0.1, -0.05) is 30.0 Å². The van der Waals surface area contributed by atoms with E-state index < -0.39 is 5.25 Å². The molecular weight excluding hydrogens is 350 g/mol. The van der Waals surface area contributed by atoms with Crippen LogP contribution in [0.15, 0.2) is 58.5 Å². The SMILES string of the molecule is CNC(=O)C(C)Sc1nc2ccccc2c(=O)n1-c1cccc(OC)c1. The third-order valence-electron chi connectivity index (χ3n) is 3.95. The van der Waals surface area contributed by atoms with Crippen LogP contribution in [0.2, 0.25) is 0 Å². The van der Waals surface area contributed by atoms with Gasteiger partial charge in [-0.05, 0) is 31.2 Å². The summed E-state index contributed by atoms with van der Waals surface area (Å²) in [7, 11) is 3.16. The fourth-order valence-corrected chi connectivity index (χ4v) is 3.57. The van der Waals surface area contributed by atoms with Gasteiger partial charge in [-0.15, -0.1) is 0 Å². The summed E-state index contributed by atoms with van der Waals surface area (Å²) >= 11 is 1.24. The van der Waals surface area contributed by atoms with Crippen LogP contribution >= 0.6 is 11.8 Å². The number of amides is 1. The molecule has 1 amide bonds. The summed E-state index contributed by atoms with van der Waals surface area (Å²) in [5, 5.41) is 3.20. The van der Waals surface area contributed by atoms with Gasteiger partial charge in [0.1, 0.15) is 5.75 Å². The van der Waals surface area contributed by atoms with Crippen LogP contribution in [-0.4, -0.2) is 34.9 Å². The average molecular weight is 369 g/mol. The molecule has 1 unspecified atom stereocenters. The van der Waals surface area contributed by atoms with Crippen molar-refractivity contribution < 1.29 is 9.53 Å². The summed E-state index contributed by atoms with van der Waals surface area (Å²) in [4.78, 5) is 29.7. The number of nitrogens with zero attached hydrogens (tertiary/aromatic N) is 2. The Morgan fingerprint density at radius 2 is 2.00 bits per heavy atom. The van der Waals surface area contributed by atoms with E-state index in [1.54, 1.807) is 45.3 Å². The molecule has 0 aliphatic rings. The predicted molar refractivity (Wildman–Crippen MR) is 103 cm³/mol. The lowest BCUT2D eigenvalue weighted by Gasteiger charge is -2.16. The molecule has 1 N–H and O–H groups in total. The Balaban J connectivity index is 2.23.